The Kier molecular flexibility index (Phi) is 3.45. The molecule has 0 N–H and O–H groups in total. The topological polar surface area (TPSA) is 21.7 Å². The maximum Gasteiger partial charge on any atom is 0.0959 e. The first-order valence-electron chi connectivity index (χ1n) is 6.63. The van der Waals surface area contributed by atoms with E-state index < -0.39 is 0 Å². The molecule has 0 amide bonds. The Balaban J connectivity index is 1.55. The van der Waals surface area contributed by atoms with Gasteiger partial charge in [0.1, 0.15) is 0 Å². The van der Waals surface area contributed by atoms with Crippen molar-refractivity contribution in [2.24, 2.45) is 0 Å². The third-order valence-corrected chi connectivity index (χ3v) is 5.15. The standard InChI is InChI=1S/C14H21NO2S/c1-11-4-6-18-13(11)8-15-9-14(10-15)7-12(16-2)3-5-17-14/h4,6,12H,3,5,7-10H2,1-2H3/t12-/m1/s1. The van der Waals surface area contributed by atoms with E-state index in [-0.39, 0.29) is 5.60 Å². The van der Waals surface area contributed by atoms with E-state index in [0.29, 0.717) is 6.10 Å². The van der Waals surface area contributed by atoms with Crippen LogP contribution in [-0.4, -0.2) is 43.4 Å². The third kappa shape index (κ3) is 2.35. The highest BCUT2D eigenvalue weighted by atomic mass is 32.1. The predicted molar refractivity (Wildman–Crippen MR) is 73.0 cm³/mol. The summed E-state index contributed by atoms with van der Waals surface area (Å²) in [7, 11) is 1.81. The summed E-state index contributed by atoms with van der Waals surface area (Å²) < 4.78 is 11.5. The molecule has 3 rings (SSSR count). The molecule has 0 saturated carbocycles. The van der Waals surface area contributed by atoms with Crippen molar-refractivity contribution >= 4 is 11.3 Å². The molecule has 0 radical (unpaired) electrons. The van der Waals surface area contributed by atoms with Crippen LogP contribution >= 0.6 is 11.3 Å². The van der Waals surface area contributed by atoms with E-state index in [1.54, 1.807) is 0 Å². The van der Waals surface area contributed by atoms with E-state index in [1.165, 1.54) is 10.4 Å². The molecule has 1 aromatic heterocycles. The van der Waals surface area contributed by atoms with Gasteiger partial charge >= 0.3 is 0 Å². The zero-order chi connectivity index (χ0) is 12.6. The van der Waals surface area contributed by atoms with Gasteiger partial charge in [0, 0.05) is 44.6 Å². The van der Waals surface area contributed by atoms with Crippen LogP contribution in [0.1, 0.15) is 23.3 Å². The van der Waals surface area contributed by atoms with Crippen LogP contribution in [0.4, 0.5) is 0 Å². The summed E-state index contributed by atoms with van der Waals surface area (Å²) in [5.41, 5.74) is 1.50. The Labute approximate surface area is 113 Å². The van der Waals surface area contributed by atoms with E-state index >= 15 is 0 Å². The summed E-state index contributed by atoms with van der Waals surface area (Å²) in [5, 5.41) is 2.18. The van der Waals surface area contributed by atoms with E-state index in [0.717, 1.165) is 39.1 Å². The van der Waals surface area contributed by atoms with Gasteiger partial charge in [0.15, 0.2) is 0 Å². The smallest absolute Gasteiger partial charge is 0.0959 e. The number of rotatable bonds is 3. The molecular weight excluding hydrogens is 246 g/mol. The van der Waals surface area contributed by atoms with E-state index in [2.05, 4.69) is 23.3 Å². The first kappa shape index (κ1) is 12.6. The molecule has 2 fully saturated rings. The van der Waals surface area contributed by atoms with Crippen molar-refractivity contribution in [3.05, 3.63) is 21.9 Å². The highest BCUT2D eigenvalue weighted by Crippen LogP contribution is 2.36. The summed E-state index contributed by atoms with van der Waals surface area (Å²) >= 11 is 1.86. The number of likely N-dealkylation sites (tertiary alicyclic amines) is 1. The minimum atomic E-state index is 0.0874. The van der Waals surface area contributed by atoms with Gasteiger partial charge < -0.3 is 9.47 Å². The van der Waals surface area contributed by atoms with Crippen LogP contribution in [0.5, 0.6) is 0 Å². The number of hydrogen-bond donors (Lipinski definition) is 0. The molecule has 1 spiro atoms. The second-order valence-electron chi connectivity index (χ2n) is 5.55. The molecule has 2 aliphatic heterocycles. The second kappa shape index (κ2) is 4.93. The average molecular weight is 267 g/mol. The number of ether oxygens (including phenoxy) is 2. The molecule has 18 heavy (non-hydrogen) atoms. The minimum absolute atomic E-state index is 0.0874. The number of hydrogen-bond acceptors (Lipinski definition) is 4. The Hall–Kier alpha value is -0.420. The molecule has 0 aromatic carbocycles. The minimum Gasteiger partial charge on any atom is -0.381 e. The highest BCUT2D eigenvalue weighted by Gasteiger charge is 2.47. The zero-order valence-corrected chi connectivity index (χ0v) is 12.0. The van der Waals surface area contributed by atoms with Crippen molar-refractivity contribution in [2.75, 3.05) is 26.8 Å². The molecule has 2 aliphatic rings. The summed E-state index contributed by atoms with van der Waals surface area (Å²) in [6.45, 7) is 6.24. The van der Waals surface area contributed by atoms with Gasteiger partial charge in [-0.1, -0.05) is 0 Å². The SMILES string of the molecule is CO[C@@H]1CCOC2(C1)CN(Cc1sccc1C)C2. The molecule has 4 heteroatoms. The van der Waals surface area contributed by atoms with E-state index in [1.807, 2.05) is 18.4 Å². The van der Waals surface area contributed by atoms with Crippen molar-refractivity contribution in [1.82, 2.24) is 4.90 Å². The molecule has 3 nitrogen and oxygen atoms in total. The van der Waals surface area contributed by atoms with Gasteiger partial charge in [-0.3, -0.25) is 4.90 Å². The molecular formula is C14H21NO2S. The number of thiophene rings is 1. The maximum absolute atomic E-state index is 5.99. The van der Waals surface area contributed by atoms with Gasteiger partial charge in [-0.15, -0.1) is 11.3 Å². The lowest BCUT2D eigenvalue weighted by Gasteiger charge is -2.53. The van der Waals surface area contributed by atoms with Crippen LogP contribution in [0.25, 0.3) is 0 Å². The van der Waals surface area contributed by atoms with Crippen molar-refractivity contribution in [3.63, 3.8) is 0 Å². The Bertz CT molecular complexity index is 412. The lowest BCUT2D eigenvalue weighted by molar-refractivity contribution is -0.195. The fourth-order valence-corrected chi connectivity index (χ4v) is 4.00. The molecule has 3 heterocycles. The van der Waals surface area contributed by atoms with Crippen molar-refractivity contribution in [3.8, 4) is 0 Å². The van der Waals surface area contributed by atoms with E-state index in [4.69, 9.17) is 9.47 Å². The fourth-order valence-electron chi connectivity index (χ4n) is 3.05. The predicted octanol–water partition coefficient (Wildman–Crippen LogP) is 2.44. The van der Waals surface area contributed by atoms with Crippen LogP contribution in [-0.2, 0) is 16.0 Å². The van der Waals surface area contributed by atoms with Crippen molar-refractivity contribution in [2.45, 2.75) is 38.0 Å². The van der Waals surface area contributed by atoms with Gasteiger partial charge in [0.25, 0.3) is 0 Å². The van der Waals surface area contributed by atoms with Crippen LogP contribution in [0.2, 0.25) is 0 Å². The number of methoxy groups -OCH3 is 1. The molecule has 1 atom stereocenters. The summed E-state index contributed by atoms with van der Waals surface area (Å²) in [6, 6.07) is 2.20. The first-order chi connectivity index (χ1) is 8.71. The Morgan fingerprint density at radius 2 is 2.39 bits per heavy atom. The zero-order valence-electron chi connectivity index (χ0n) is 11.1. The monoisotopic (exact) mass is 267 g/mol. The number of aryl methyl sites for hydroxylation is 1. The van der Waals surface area contributed by atoms with Crippen LogP contribution in [0.3, 0.4) is 0 Å². The van der Waals surface area contributed by atoms with Gasteiger partial charge in [0.05, 0.1) is 11.7 Å². The van der Waals surface area contributed by atoms with Crippen LogP contribution in [0, 0.1) is 6.92 Å². The molecule has 2 saturated heterocycles. The summed E-state index contributed by atoms with van der Waals surface area (Å²) in [5.74, 6) is 0. The Morgan fingerprint density at radius 3 is 3.06 bits per heavy atom. The molecule has 100 valence electrons. The molecule has 0 aliphatic carbocycles. The van der Waals surface area contributed by atoms with Gasteiger partial charge in [-0.25, -0.2) is 0 Å². The maximum atomic E-state index is 5.99. The lowest BCUT2D eigenvalue weighted by Crippen LogP contribution is -2.65. The van der Waals surface area contributed by atoms with Crippen LogP contribution < -0.4 is 0 Å². The van der Waals surface area contributed by atoms with Crippen LogP contribution in [0.15, 0.2) is 11.4 Å². The van der Waals surface area contributed by atoms with Gasteiger partial charge in [-0.2, -0.15) is 0 Å². The van der Waals surface area contributed by atoms with Gasteiger partial charge in [0.2, 0.25) is 0 Å². The summed E-state index contributed by atoms with van der Waals surface area (Å²) in [4.78, 5) is 3.97. The highest BCUT2D eigenvalue weighted by molar-refractivity contribution is 7.10. The summed E-state index contributed by atoms with van der Waals surface area (Å²) in [6.07, 6.45) is 2.50. The average Bonchev–Trinajstić information content (AvgIpc) is 2.73. The Morgan fingerprint density at radius 1 is 1.56 bits per heavy atom. The normalized spacial score (nSPS) is 27.3. The first-order valence-corrected chi connectivity index (χ1v) is 7.51. The second-order valence-corrected chi connectivity index (χ2v) is 6.55. The van der Waals surface area contributed by atoms with Crippen molar-refractivity contribution in [1.29, 1.82) is 0 Å². The van der Waals surface area contributed by atoms with Gasteiger partial charge in [-0.05, 0) is 30.4 Å². The third-order valence-electron chi connectivity index (χ3n) is 4.14. The number of nitrogens with zero attached hydrogens (tertiary/aromatic N) is 1. The largest absolute Gasteiger partial charge is 0.381 e. The fraction of sp³-hybridized carbons (Fsp3) is 0.714. The lowest BCUT2D eigenvalue weighted by atomic mass is 9.84. The molecule has 0 bridgehead atoms. The van der Waals surface area contributed by atoms with Crippen molar-refractivity contribution < 1.29 is 9.47 Å². The molecule has 1 aromatic rings. The quantitative estimate of drug-likeness (QED) is 0.839. The molecule has 0 unspecified atom stereocenters. The van der Waals surface area contributed by atoms with E-state index in [9.17, 15) is 0 Å².